The number of alkyl halides is 1. The first-order chi connectivity index (χ1) is 19.0. The quantitative estimate of drug-likeness (QED) is 0.106. The molecule has 4 rings (SSSR count). The maximum absolute atomic E-state index is 13.6. The van der Waals surface area contributed by atoms with Gasteiger partial charge in [-0.3, -0.25) is 4.79 Å². The summed E-state index contributed by atoms with van der Waals surface area (Å²) in [5.74, 6) is -0.299. The van der Waals surface area contributed by atoms with Crippen LogP contribution in [0.25, 0.3) is 0 Å². The lowest BCUT2D eigenvalue weighted by atomic mass is 9.41. The van der Waals surface area contributed by atoms with Gasteiger partial charge in [-0.2, -0.15) is 0 Å². The van der Waals surface area contributed by atoms with E-state index in [0.29, 0.717) is 11.8 Å². The summed E-state index contributed by atoms with van der Waals surface area (Å²) in [5.41, 5.74) is -0.417. The Bertz CT molecular complexity index is 752. The molecule has 0 radical (unpaired) electrons. The standard InChI is InChI=1S/C29H52FNO9/c1-2-20(33)23(35)19(15-39-27-26(38)25(37)24(36)21(14-32)40-27)31-22(34)12-10-8-6-4-3-5-7-9-11-13-28-16-29(30,17-28)18-28/h19-21,23-27,32-33,35-38H,2-18H2,1H3,(H,31,34)/t19-,20+,21?,23-,24?,25?,26?,27?,28?,29?/m0/s1. The van der Waals surface area contributed by atoms with E-state index in [-0.39, 0.29) is 25.4 Å². The summed E-state index contributed by atoms with van der Waals surface area (Å²) in [6.45, 7) is 0.750. The van der Waals surface area contributed by atoms with E-state index in [1.54, 1.807) is 6.92 Å². The number of ether oxygens (including phenoxy) is 2. The highest BCUT2D eigenvalue weighted by Gasteiger charge is 2.68. The van der Waals surface area contributed by atoms with Gasteiger partial charge in [0.15, 0.2) is 6.29 Å². The first-order valence-corrected chi connectivity index (χ1v) is 15.3. The Balaban J connectivity index is 1.27. The third-order valence-electron chi connectivity index (χ3n) is 9.05. The zero-order valence-corrected chi connectivity index (χ0v) is 23.9. The summed E-state index contributed by atoms with van der Waals surface area (Å²) in [6, 6.07) is -0.998. The van der Waals surface area contributed by atoms with Crippen molar-refractivity contribution in [1.29, 1.82) is 0 Å². The van der Waals surface area contributed by atoms with Crippen molar-refractivity contribution >= 4 is 5.91 Å². The molecular formula is C29H52FNO9. The molecule has 4 fully saturated rings. The van der Waals surface area contributed by atoms with Gasteiger partial charge in [0.05, 0.1) is 25.4 Å². The van der Waals surface area contributed by atoms with Crippen LogP contribution in [-0.4, -0.2) is 104 Å². The summed E-state index contributed by atoms with van der Waals surface area (Å²) in [4.78, 5) is 12.6. The van der Waals surface area contributed by atoms with Crippen molar-refractivity contribution in [3.8, 4) is 0 Å². The molecule has 11 heteroatoms. The fourth-order valence-corrected chi connectivity index (χ4v) is 6.57. The van der Waals surface area contributed by atoms with E-state index in [2.05, 4.69) is 5.32 Å². The third-order valence-corrected chi connectivity index (χ3v) is 9.05. The number of halogens is 1. The van der Waals surface area contributed by atoms with Gasteiger partial charge in [0.25, 0.3) is 0 Å². The van der Waals surface area contributed by atoms with Crippen LogP contribution in [0.5, 0.6) is 0 Å². The van der Waals surface area contributed by atoms with Crippen LogP contribution >= 0.6 is 0 Å². The van der Waals surface area contributed by atoms with E-state index < -0.39 is 61.2 Å². The molecule has 0 aromatic carbocycles. The summed E-state index contributed by atoms with van der Waals surface area (Å²) in [6.07, 6.45) is 4.14. The molecule has 8 atom stereocenters. The second kappa shape index (κ2) is 15.5. The van der Waals surface area contributed by atoms with Crippen LogP contribution in [0.4, 0.5) is 4.39 Å². The maximum atomic E-state index is 13.6. The summed E-state index contributed by atoms with van der Waals surface area (Å²) < 4.78 is 24.4. The highest BCUT2D eigenvalue weighted by molar-refractivity contribution is 5.76. The monoisotopic (exact) mass is 577 g/mol. The van der Waals surface area contributed by atoms with Crippen LogP contribution in [0.1, 0.15) is 103 Å². The fraction of sp³-hybridized carbons (Fsp3) is 0.966. The molecule has 0 aromatic heterocycles. The van der Waals surface area contributed by atoms with Gasteiger partial charge in [0.2, 0.25) is 5.91 Å². The van der Waals surface area contributed by atoms with Crippen molar-refractivity contribution in [3.05, 3.63) is 0 Å². The van der Waals surface area contributed by atoms with E-state index >= 15 is 0 Å². The first kappa shape index (κ1) is 33.6. The van der Waals surface area contributed by atoms with Gasteiger partial charge in [-0.25, -0.2) is 4.39 Å². The number of nitrogens with one attached hydrogen (secondary N) is 1. The van der Waals surface area contributed by atoms with Crippen LogP contribution in [-0.2, 0) is 14.3 Å². The molecule has 4 aliphatic rings. The van der Waals surface area contributed by atoms with Crippen molar-refractivity contribution in [3.63, 3.8) is 0 Å². The van der Waals surface area contributed by atoms with E-state index in [1.807, 2.05) is 0 Å². The molecule has 10 nitrogen and oxygen atoms in total. The number of carbonyl (C=O) groups excluding carboxylic acids is 1. The highest BCUT2D eigenvalue weighted by Crippen LogP contribution is 2.71. The molecule has 234 valence electrons. The Hall–Kier alpha value is -0.920. The fourth-order valence-electron chi connectivity index (χ4n) is 6.57. The van der Waals surface area contributed by atoms with E-state index in [1.165, 1.54) is 38.5 Å². The lowest BCUT2D eigenvalue weighted by Crippen LogP contribution is -2.64. The molecule has 1 saturated heterocycles. The van der Waals surface area contributed by atoms with Crippen LogP contribution in [0.3, 0.4) is 0 Å². The molecular weight excluding hydrogens is 525 g/mol. The topological polar surface area (TPSA) is 169 Å². The summed E-state index contributed by atoms with van der Waals surface area (Å²) in [7, 11) is 0. The molecule has 2 bridgehead atoms. The maximum Gasteiger partial charge on any atom is 0.220 e. The normalized spacial score (nSPS) is 35.4. The van der Waals surface area contributed by atoms with Crippen LogP contribution in [0.15, 0.2) is 0 Å². The number of aliphatic hydroxyl groups excluding tert-OH is 6. The van der Waals surface area contributed by atoms with Crippen LogP contribution in [0, 0.1) is 5.41 Å². The molecule has 3 aliphatic carbocycles. The Kier molecular flexibility index (Phi) is 13.0. The number of amides is 1. The Labute approximate surface area is 237 Å². The van der Waals surface area contributed by atoms with E-state index in [9.17, 15) is 39.8 Å². The largest absolute Gasteiger partial charge is 0.394 e. The SMILES string of the molecule is CC[C@@H](O)[C@@H](O)[C@H](COC1OC(CO)C(O)C(O)C1O)NC(=O)CCCCCCCCCCCC12CC(F)(C1)C2. The number of carbonyl (C=O) groups is 1. The third kappa shape index (κ3) is 9.04. The lowest BCUT2D eigenvalue weighted by molar-refractivity contribution is -0.303. The van der Waals surface area contributed by atoms with Gasteiger partial charge >= 0.3 is 0 Å². The Morgan fingerprint density at radius 3 is 2.08 bits per heavy atom. The van der Waals surface area contributed by atoms with Gasteiger partial charge < -0.3 is 45.4 Å². The van der Waals surface area contributed by atoms with Gasteiger partial charge in [0, 0.05) is 6.42 Å². The average molecular weight is 578 g/mol. The molecule has 1 heterocycles. The minimum Gasteiger partial charge on any atom is -0.394 e. The van der Waals surface area contributed by atoms with Gasteiger partial charge in [0.1, 0.15) is 36.2 Å². The zero-order chi connectivity index (χ0) is 29.3. The van der Waals surface area contributed by atoms with Crippen molar-refractivity contribution in [1.82, 2.24) is 5.32 Å². The lowest BCUT2D eigenvalue weighted by Gasteiger charge is -2.66. The molecule has 5 unspecified atom stereocenters. The Morgan fingerprint density at radius 1 is 0.950 bits per heavy atom. The smallest absolute Gasteiger partial charge is 0.220 e. The molecule has 7 N–H and O–H groups in total. The van der Waals surface area contributed by atoms with Crippen LogP contribution in [0.2, 0.25) is 0 Å². The molecule has 1 amide bonds. The Morgan fingerprint density at radius 2 is 1.52 bits per heavy atom. The predicted molar refractivity (Wildman–Crippen MR) is 145 cm³/mol. The molecule has 40 heavy (non-hydrogen) atoms. The van der Waals surface area contributed by atoms with Gasteiger partial charge in [-0.05, 0) is 43.9 Å². The van der Waals surface area contributed by atoms with Crippen molar-refractivity contribution in [2.45, 2.75) is 158 Å². The second-order valence-corrected chi connectivity index (χ2v) is 12.5. The molecule has 0 spiro atoms. The van der Waals surface area contributed by atoms with Crippen molar-refractivity contribution in [2.75, 3.05) is 13.2 Å². The second-order valence-electron chi connectivity index (χ2n) is 12.5. The number of hydrogen-bond acceptors (Lipinski definition) is 9. The minimum absolute atomic E-state index is 0.244. The zero-order valence-electron chi connectivity index (χ0n) is 23.9. The number of unbranched alkanes of at least 4 members (excludes halogenated alkanes) is 8. The van der Waals surface area contributed by atoms with Gasteiger partial charge in [-0.15, -0.1) is 0 Å². The predicted octanol–water partition coefficient (Wildman–Crippen LogP) is 1.60. The van der Waals surface area contributed by atoms with Crippen molar-refractivity contribution in [2.24, 2.45) is 5.41 Å². The van der Waals surface area contributed by atoms with Crippen molar-refractivity contribution < 1.29 is 49.3 Å². The summed E-state index contributed by atoms with van der Waals surface area (Å²) in [5, 5.41) is 62.7. The number of aliphatic hydroxyl groups is 6. The average Bonchev–Trinajstić information content (AvgIpc) is 2.90. The van der Waals surface area contributed by atoms with E-state index in [4.69, 9.17) is 9.47 Å². The van der Waals surface area contributed by atoms with E-state index in [0.717, 1.165) is 38.5 Å². The molecule has 3 saturated carbocycles. The molecule has 1 aliphatic heterocycles. The van der Waals surface area contributed by atoms with Crippen LogP contribution < -0.4 is 5.32 Å². The van der Waals surface area contributed by atoms with Gasteiger partial charge in [-0.1, -0.05) is 58.3 Å². The molecule has 0 aromatic rings. The summed E-state index contributed by atoms with van der Waals surface area (Å²) >= 11 is 0. The first-order valence-electron chi connectivity index (χ1n) is 15.3. The number of hydrogen-bond donors (Lipinski definition) is 7. The minimum atomic E-state index is -1.61. The number of rotatable bonds is 20. The highest BCUT2D eigenvalue weighted by atomic mass is 19.1.